The average Bonchev–Trinajstić information content (AvgIpc) is 2.80. The second kappa shape index (κ2) is 7.74. The van der Waals surface area contributed by atoms with Crippen LogP contribution < -0.4 is 15.0 Å². The van der Waals surface area contributed by atoms with E-state index in [1.807, 2.05) is 38.1 Å². The number of rotatable bonds is 3. The third-order valence-corrected chi connectivity index (χ3v) is 4.00. The first-order valence-electron chi connectivity index (χ1n) is 8.37. The zero-order valence-corrected chi connectivity index (χ0v) is 15.1. The Morgan fingerprint density at radius 3 is 2.88 bits per heavy atom. The molecule has 3 rings (SSSR count). The molecule has 1 aliphatic heterocycles. The molecule has 0 N–H and O–H groups in total. The summed E-state index contributed by atoms with van der Waals surface area (Å²) in [4.78, 5) is 17.2. The van der Waals surface area contributed by atoms with Crippen LogP contribution in [-0.2, 0) is 6.42 Å². The highest BCUT2D eigenvalue weighted by molar-refractivity contribution is 6.32. The molecule has 0 saturated heterocycles. The molecule has 5 nitrogen and oxygen atoms in total. The van der Waals surface area contributed by atoms with Gasteiger partial charge in [0.15, 0.2) is 11.5 Å². The van der Waals surface area contributed by atoms with Crippen LogP contribution in [0.15, 0.2) is 41.5 Å². The Balaban J connectivity index is 1.90. The van der Waals surface area contributed by atoms with Gasteiger partial charge in [0.2, 0.25) is 5.91 Å². The summed E-state index contributed by atoms with van der Waals surface area (Å²) in [6, 6.07) is 9.21. The fourth-order valence-electron chi connectivity index (χ4n) is 2.66. The molecule has 2 heterocycles. The minimum atomic E-state index is -0.0782. The van der Waals surface area contributed by atoms with Crippen LogP contribution in [0.25, 0.3) is 0 Å². The Morgan fingerprint density at radius 2 is 2.08 bits per heavy atom. The predicted octanol–water partition coefficient (Wildman–Crippen LogP) is 3.49. The number of hydrogen-bond donors (Lipinski definition) is 0. The Labute approximate surface area is 151 Å². The quantitative estimate of drug-likeness (QED) is 0.841. The lowest BCUT2D eigenvalue weighted by atomic mass is 10.1. The molecule has 2 aromatic rings. The zero-order chi connectivity index (χ0) is 17.8. The second-order valence-corrected chi connectivity index (χ2v) is 6.58. The Morgan fingerprint density at radius 1 is 1.28 bits per heavy atom. The van der Waals surface area contributed by atoms with Crippen LogP contribution in [0, 0.1) is 0 Å². The molecular weight excluding hydrogens is 340 g/mol. The van der Waals surface area contributed by atoms with Gasteiger partial charge < -0.3 is 9.47 Å². The lowest BCUT2D eigenvalue weighted by Crippen LogP contribution is -2.28. The number of pyridine rings is 1. The van der Waals surface area contributed by atoms with Gasteiger partial charge in [-0.15, -0.1) is 0 Å². The maximum Gasteiger partial charge on any atom is 0.236 e. The molecule has 1 aromatic heterocycles. The van der Waals surface area contributed by atoms with Crippen molar-refractivity contribution in [3.63, 3.8) is 0 Å². The van der Waals surface area contributed by atoms with Gasteiger partial charge in [-0.05, 0) is 43.7 Å². The summed E-state index contributed by atoms with van der Waals surface area (Å²) in [5.41, 5.74) is 1.43. The summed E-state index contributed by atoms with van der Waals surface area (Å²) in [5.74, 6) is 1.07. The van der Waals surface area contributed by atoms with E-state index in [1.54, 1.807) is 16.8 Å². The number of halogens is 1. The van der Waals surface area contributed by atoms with Crippen LogP contribution in [-0.4, -0.2) is 29.7 Å². The van der Waals surface area contributed by atoms with Crippen molar-refractivity contribution in [2.45, 2.75) is 32.7 Å². The SMILES string of the molecule is CC(C)N=c1ccccn1C(=O)Cc1cc(Cl)c2c(c1)OCCCO2. The number of aromatic nitrogens is 1. The largest absolute Gasteiger partial charge is 0.489 e. The van der Waals surface area contributed by atoms with Gasteiger partial charge in [0, 0.05) is 18.7 Å². The van der Waals surface area contributed by atoms with Crippen LogP contribution in [0.3, 0.4) is 0 Å². The van der Waals surface area contributed by atoms with E-state index in [0.29, 0.717) is 35.2 Å². The minimum Gasteiger partial charge on any atom is -0.489 e. The molecule has 0 spiro atoms. The van der Waals surface area contributed by atoms with E-state index in [0.717, 1.165) is 12.0 Å². The third kappa shape index (κ3) is 4.23. The molecule has 0 amide bonds. The van der Waals surface area contributed by atoms with Crippen LogP contribution in [0.2, 0.25) is 5.02 Å². The van der Waals surface area contributed by atoms with Gasteiger partial charge in [-0.25, -0.2) is 0 Å². The van der Waals surface area contributed by atoms with Gasteiger partial charge in [-0.2, -0.15) is 0 Å². The van der Waals surface area contributed by atoms with Crippen molar-refractivity contribution in [3.05, 3.63) is 52.6 Å². The molecule has 6 heteroatoms. The zero-order valence-electron chi connectivity index (χ0n) is 14.4. The predicted molar refractivity (Wildman–Crippen MR) is 96.5 cm³/mol. The van der Waals surface area contributed by atoms with Crippen LogP contribution >= 0.6 is 11.6 Å². The van der Waals surface area contributed by atoms with E-state index in [9.17, 15) is 4.79 Å². The van der Waals surface area contributed by atoms with Gasteiger partial charge in [0.1, 0.15) is 5.49 Å². The maximum absolute atomic E-state index is 12.8. The average molecular weight is 361 g/mol. The highest BCUT2D eigenvalue weighted by Gasteiger charge is 2.17. The fraction of sp³-hybridized carbons (Fsp3) is 0.368. The molecular formula is C19H21ClN2O3. The smallest absolute Gasteiger partial charge is 0.236 e. The number of carbonyl (C=O) groups excluding carboxylic acids is 1. The highest BCUT2D eigenvalue weighted by Crippen LogP contribution is 2.38. The molecule has 0 bridgehead atoms. The fourth-order valence-corrected chi connectivity index (χ4v) is 2.95. The minimum absolute atomic E-state index is 0.0782. The van der Waals surface area contributed by atoms with Crippen molar-refractivity contribution in [2.24, 2.45) is 4.99 Å². The summed E-state index contributed by atoms with van der Waals surface area (Å²) in [6.07, 6.45) is 2.74. The Bertz CT molecular complexity index is 843. The number of fused-ring (bicyclic) bond motifs is 1. The molecule has 0 atom stereocenters. The lowest BCUT2D eigenvalue weighted by Gasteiger charge is -2.12. The van der Waals surface area contributed by atoms with E-state index in [-0.39, 0.29) is 18.4 Å². The second-order valence-electron chi connectivity index (χ2n) is 6.18. The Kier molecular flexibility index (Phi) is 5.43. The van der Waals surface area contributed by atoms with E-state index in [1.165, 1.54) is 0 Å². The summed E-state index contributed by atoms with van der Waals surface area (Å²) in [5, 5.41) is 0.465. The van der Waals surface area contributed by atoms with E-state index in [4.69, 9.17) is 21.1 Å². The van der Waals surface area contributed by atoms with Crippen molar-refractivity contribution in [3.8, 4) is 11.5 Å². The summed E-state index contributed by atoms with van der Waals surface area (Å²) in [6.45, 7) is 5.10. The van der Waals surface area contributed by atoms with E-state index >= 15 is 0 Å². The standard InChI is InChI=1S/C19H21ClN2O3/c1-13(2)21-17-6-3-4-7-22(17)18(23)12-14-10-15(20)19-16(11-14)24-8-5-9-25-19/h3-4,6-7,10-11,13H,5,8-9,12H2,1-2H3. The van der Waals surface area contributed by atoms with Crippen molar-refractivity contribution in [2.75, 3.05) is 13.2 Å². The molecule has 0 fully saturated rings. The molecule has 132 valence electrons. The lowest BCUT2D eigenvalue weighted by molar-refractivity contribution is 0.0908. The third-order valence-electron chi connectivity index (χ3n) is 3.71. The molecule has 25 heavy (non-hydrogen) atoms. The summed E-state index contributed by atoms with van der Waals surface area (Å²) >= 11 is 6.31. The molecule has 0 unspecified atom stereocenters. The van der Waals surface area contributed by atoms with Gasteiger partial charge in [0.05, 0.1) is 24.7 Å². The van der Waals surface area contributed by atoms with Gasteiger partial charge in [-0.1, -0.05) is 17.7 Å². The molecule has 0 saturated carbocycles. The maximum atomic E-state index is 12.8. The first-order valence-corrected chi connectivity index (χ1v) is 8.75. The topological polar surface area (TPSA) is 52.8 Å². The molecule has 1 aromatic carbocycles. The van der Waals surface area contributed by atoms with Crippen LogP contribution in [0.5, 0.6) is 11.5 Å². The number of hydrogen-bond acceptors (Lipinski definition) is 4. The van der Waals surface area contributed by atoms with Gasteiger partial charge in [0.25, 0.3) is 0 Å². The monoisotopic (exact) mass is 360 g/mol. The first-order chi connectivity index (χ1) is 12.0. The van der Waals surface area contributed by atoms with Crippen molar-refractivity contribution < 1.29 is 14.3 Å². The molecule has 1 aliphatic rings. The highest BCUT2D eigenvalue weighted by atomic mass is 35.5. The van der Waals surface area contributed by atoms with E-state index < -0.39 is 0 Å². The first kappa shape index (κ1) is 17.5. The normalized spacial score (nSPS) is 14.5. The van der Waals surface area contributed by atoms with Crippen molar-refractivity contribution in [1.82, 2.24) is 4.57 Å². The molecule has 0 radical (unpaired) electrons. The number of nitrogens with zero attached hydrogens (tertiary/aromatic N) is 2. The number of benzene rings is 1. The van der Waals surface area contributed by atoms with Gasteiger partial charge in [-0.3, -0.25) is 14.4 Å². The van der Waals surface area contributed by atoms with Crippen LogP contribution in [0.4, 0.5) is 0 Å². The Hall–Kier alpha value is -2.27. The van der Waals surface area contributed by atoms with Crippen molar-refractivity contribution in [1.29, 1.82) is 0 Å². The molecule has 0 aliphatic carbocycles. The summed E-state index contributed by atoms with van der Waals surface area (Å²) in [7, 11) is 0. The van der Waals surface area contributed by atoms with Crippen LogP contribution in [0.1, 0.15) is 30.6 Å². The van der Waals surface area contributed by atoms with Gasteiger partial charge >= 0.3 is 0 Å². The number of carbonyl (C=O) groups is 1. The summed E-state index contributed by atoms with van der Waals surface area (Å²) < 4.78 is 12.9. The van der Waals surface area contributed by atoms with E-state index in [2.05, 4.69) is 4.99 Å². The van der Waals surface area contributed by atoms with Crippen molar-refractivity contribution >= 4 is 17.5 Å². The number of ether oxygens (including phenoxy) is 2.